The Morgan fingerprint density at radius 2 is 1.66 bits per heavy atom. The Hall–Kier alpha value is -5.29. The number of aromatic nitrogens is 1. The molecule has 0 fully saturated rings. The van der Waals surface area contributed by atoms with Gasteiger partial charge in [-0.3, -0.25) is 24.1 Å². The summed E-state index contributed by atoms with van der Waals surface area (Å²) in [6.07, 6.45) is 3.50. The molecule has 0 bridgehead atoms. The molecule has 17 heteroatoms. The average Bonchev–Trinajstić information content (AvgIpc) is 3.70. The molecule has 0 aliphatic carbocycles. The predicted molar refractivity (Wildman–Crippen MR) is 224 cm³/mol. The first-order valence-corrected chi connectivity index (χ1v) is 24.1. The molecular formula is C42H53F2N5O8SSi. The second kappa shape index (κ2) is 20.6. The predicted octanol–water partition coefficient (Wildman–Crippen LogP) is 6.08. The van der Waals surface area contributed by atoms with Crippen LogP contribution in [0, 0.1) is 17.0 Å². The van der Waals surface area contributed by atoms with Gasteiger partial charge in [0.05, 0.1) is 18.4 Å². The van der Waals surface area contributed by atoms with E-state index in [1.807, 2.05) is 55.7 Å². The van der Waals surface area contributed by atoms with E-state index < -0.39 is 73.5 Å². The number of hydrogen-bond acceptors (Lipinski definition) is 8. The van der Waals surface area contributed by atoms with Gasteiger partial charge in [0.25, 0.3) is 11.8 Å². The lowest BCUT2D eigenvalue weighted by Gasteiger charge is -2.41. The molecule has 2 atom stereocenters. The minimum absolute atomic E-state index is 0.0486. The molecule has 1 aliphatic rings. The number of halogens is 2. The number of carboxylic acids is 1. The topological polar surface area (TPSA) is 167 Å². The van der Waals surface area contributed by atoms with E-state index in [0.29, 0.717) is 35.7 Å². The van der Waals surface area contributed by atoms with Gasteiger partial charge in [-0.1, -0.05) is 70.7 Å². The number of thioether (sulfide) groups is 1. The highest BCUT2D eigenvalue weighted by molar-refractivity contribution is 8.00. The van der Waals surface area contributed by atoms with Crippen LogP contribution in [0.3, 0.4) is 0 Å². The average molecular weight is 854 g/mol. The summed E-state index contributed by atoms with van der Waals surface area (Å²) < 4.78 is 37.0. The number of carboxylic acid groups (broad SMARTS) is 1. The van der Waals surface area contributed by atoms with Crippen LogP contribution in [0.4, 0.5) is 13.6 Å². The van der Waals surface area contributed by atoms with E-state index in [9.17, 15) is 38.3 Å². The number of aliphatic carboxylic acids is 1. The van der Waals surface area contributed by atoms with Gasteiger partial charge in [-0.2, -0.15) is 0 Å². The minimum atomic E-state index is -1.45. The van der Waals surface area contributed by atoms with Gasteiger partial charge < -0.3 is 29.9 Å². The molecular weight excluding hydrogens is 801 g/mol. The van der Waals surface area contributed by atoms with Gasteiger partial charge in [-0.25, -0.2) is 18.4 Å². The lowest BCUT2D eigenvalue weighted by molar-refractivity contribution is -0.143. The van der Waals surface area contributed by atoms with E-state index in [-0.39, 0.29) is 36.1 Å². The van der Waals surface area contributed by atoms with Gasteiger partial charge in [0, 0.05) is 68.6 Å². The molecule has 5 amide bonds. The van der Waals surface area contributed by atoms with Crippen LogP contribution in [0.1, 0.15) is 44.5 Å². The normalized spacial score (nSPS) is 13.9. The number of carbonyl (C=O) groups excluding carboxylic acids is 5. The number of rotatable bonds is 20. The molecule has 0 radical (unpaired) electrons. The molecule has 0 unspecified atom stereocenters. The Morgan fingerprint density at radius 3 is 2.29 bits per heavy atom. The van der Waals surface area contributed by atoms with Crippen LogP contribution < -0.4 is 10.6 Å². The van der Waals surface area contributed by atoms with Crippen LogP contribution >= 0.6 is 11.8 Å². The quantitative estimate of drug-likeness (QED) is 0.0694. The zero-order valence-corrected chi connectivity index (χ0v) is 36.1. The van der Waals surface area contributed by atoms with Gasteiger partial charge in [0.1, 0.15) is 24.2 Å². The first-order valence-electron chi connectivity index (χ1n) is 19.3. The van der Waals surface area contributed by atoms with E-state index in [0.717, 1.165) is 53.7 Å². The standard InChI is InChI=1S/C42H53F2N5O8SSi/c1-42(2,3)39(34-21-29(31-22-30(43)13-14-32(31)44)24-47(34)23-28-11-8-7-9-12-28)48(18-10-17-45-41(56)57-19-20-59(4,5)6)38(53)27-58-26-33(40(54)55)46-35(50)25-49-36(51)15-16-37(49)52/h7-9,11-16,21-22,24,33,39H,10,17-20,23,25-27H2,1-6H3,(H,45,56)(H,46,50)(H,54,55)/t33-,39-/m0/s1. The van der Waals surface area contributed by atoms with Crippen LogP contribution in [-0.2, 0) is 35.3 Å². The maximum absolute atomic E-state index is 15.2. The molecule has 0 spiro atoms. The van der Waals surface area contributed by atoms with Crippen molar-refractivity contribution in [2.24, 2.45) is 5.41 Å². The summed E-state index contributed by atoms with van der Waals surface area (Å²) in [7, 11) is -1.43. The van der Waals surface area contributed by atoms with Crippen molar-refractivity contribution < 1.29 is 47.4 Å². The zero-order valence-electron chi connectivity index (χ0n) is 34.3. The number of benzene rings is 2. The third-order valence-corrected chi connectivity index (χ3v) is 12.1. The Kier molecular flexibility index (Phi) is 16.2. The monoisotopic (exact) mass is 853 g/mol. The highest BCUT2D eigenvalue weighted by atomic mass is 32.2. The third-order valence-electron chi connectivity index (χ3n) is 9.37. The Balaban J connectivity index is 1.62. The fourth-order valence-corrected chi connectivity index (χ4v) is 8.08. The van der Waals surface area contributed by atoms with E-state index in [4.69, 9.17) is 4.74 Å². The van der Waals surface area contributed by atoms with Gasteiger partial charge in [-0.05, 0) is 47.7 Å². The maximum Gasteiger partial charge on any atom is 0.407 e. The summed E-state index contributed by atoms with van der Waals surface area (Å²) in [5, 5.41) is 15.0. The lowest BCUT2D eigenvalue weighted by Crippen LogP contribution is -2.48. The Bertz CT molecular complexity index is 2010. The summed E-state index contributed by atoms with van der Waals surface area (Å²) in [6.45, 7) is 12.7. The number of hydrogen-bond donors (Lipinski definition) is 3. The first kappa shape index (κ1) is 46.4. The molecule has 3 aromatic rings. The molecule has 59 heavy (non-hydrogen) atoms. The Labute approximate surface area is 348 Å². The van der Waals surface area contributed by atoms with Crippen molar-refractivity contribution in [2.45, 2.75) is 71.5 Å². The van der Waals surface area contributed by atoms with E-state index in [1.165, 1.54) is 0 Å². The first-order chi connectivity index (χ1) is 27.7. The van der Waals surface area contributed by atoms with Crippen LogP contribution in [-0.4, -0.2) is 107 Å². The summed E-state index contributed by atoms with van der Waals surface area (Å²) in [4.78, 5) is 77.9. The van der Waals surface area contributed by atoms with Gasteiger partial charge in [-0.15, -0.1) is 11.8 Å². The number of nitrogens with zero attached hydrogens (tertiary/aromatic N) is 3. The fourth-order valence-electron chi connectivity index (χ4n) is 6.44. The molecule has 13 nitrogen and oxygen atoms in total. The summed E-state index contributed by atoms with van der Waals surface area (Å²) in [5.74, 6) is -5.67. The van der Waals surface area contributed by atoms with Gasteiger partial charge >= 0.3 is 12.1 Å². The van der Waals surface area contributed by atoms with Crippen LogP contribution in [0.25, 0.3) is 11.1 Å². The summed E-state index contributed by atoms with van der Waals surface area (Å²) in [5.41, 5.74) is 1.34. The second-order valence-corrected chi connectivity index (χ2v) is 23.2. The number of nitrogens with one attached hydrogen (secondary N) is 2. The lowest BCUT2D eigenvalue weighted by atomic mass is 9.83. The number of carbonyl (C=O) groups is 6. The molecule has 2 heterocycles. The Morgan fingerprint density at radius 1 is 0.983 bits per heavy atom. The second-order valence-electron chi connectivity index (χ2n) is 16.5. The SMILES string of the molecule is CC(C)(C)[C@H](c1cc(-c2cc(F)ccc2F)cn1Cc1ccccc1)N(CCCNC(=O)OCC[Si](C)(C)C)C(=O)CSC[C@H](NC(=O)CN1C(=O)C=CC1=O)C(=O)O. The molecule has 4 rings (SSSR count). The van der Waals surface area contributed by atoms with Crippen LogP contribution in [0.2, 0.25) is 25.7 Å². The zero-order chi connectivity index (χ0) is 43.5. The van der Waals surface area contributed by atoms with Crippen LogP contribution in [0.5, 0.6) is 0 Å². The van der Waals surface area contributed by atoms with Crippen molar-refractivity contribution in [1.29, 1.82) is 0 Å². The summed E-state index contributed by atoms with van der Waals surface area (Å²) in [6, 6.07) is 13.2. The van der Waals surface area contributed by atoms with Crippen molar-refractivity contribution in [1.82, 2.24) is 25.0 Å². The van der Waals surface area contributed by atoms with Crippen molar-refractivity contribution in [3.05, 3.63) is 95.8 Å². The molecule has 0 saturated heterocycles. The largest absolute Gasteiger partial charge is 0.480 e. The molecule has 3 N–H and O–H groups in total. The van der Waals surface area contributed by atoms with Gasteiger partial charge in [0.15, 0.2) is 0 Å². The molecule has 0 saturated carbocycles. The molecule has 1 aliphatic heterocycles. The molecule has 1 aromatic heterocycles. The van der Waals surface area contributed by atoms with Gasteiger partial charge in [0.2, 0.25) is 11.8 Å². The van der Waals surface area contributed by atoms with Crippen LogP contribution in [0.15, 0.2) is 72.9 Å². The van der Waals surface area contributed by atoms with E-state index in [2.05, 4.69) is 30.3 Å². The highest BCUT2D eigenvalue weighted by Gasteiger charge is 2.37. The summed E-state index contributed by atoms with van der Waals surface area (Å²) >= 11 is 0.972. The number of imide groups is 1. The smallest absolute Gasteiger partial charge is 0.407 e. The minimum Gasteiger partial charge on any atom is -0.480 e. The number of alkyl carbamates (subject to hydrolysis) is 1. The van der Waals surface area contributed by atoms with Crippen molar-refractivity contribution in [3.63, 3.8) is 0 Å². The van der Waals surface area contributed by atoms with E-state index >= 15 is 4.39 Å². The van der Waals surface area contributed by atoms with Crippen molar-refractivity contribution >= 4 is 55.5 Å². The third kappa shape index (κ3) is 13.9. The molecule has 2 aromatic carbocycles. The van der Waals surface area contributed by atoms with E-state index in [1.54, 1.807) is 17.2 Å². The van der Waals surface area contributed by atoms with Crippen molar-refractivity contribution in [3.8, 4) is 11.1 Å². The maximum atomic E-state index is 15.2. The number of ether oxygens (including phenoxy) is 1. The molecule has 318 valence electrons. The van der Waals surface area contributed by atoms with Crippen molar-refractivity contribution in [2.75, 3.05) is 37.7 Å². The number of amides is 5. The highest BCUT2D eigenvalue weighted by Crippen LogP contribution is 2.41. The fraction of sp³-hybridized carbons (Fsp3) is 0.429.